The van der Waals surface area contributed by atoms with Crippen molar-refractivity contribution in [2.24, 2.45) is 0 Å². The molecule has 0 unspecified atom stereocenters. The van der Waals surface area contributed by atoms with Gasteiger partial charge in [0.25, 0.3) is 6.47 Å². The molecule has 25 heavy (non-hydrogen) atoms. The lowest BCUT2D eigenvalue weighted by molar-refractivity contribution is -0.120. The molecule has 0 atom stereocenters. The Morgan fingerprint density at radius 2 is 1.84 bits per heavy atom. The molecule has 0 bridgehead atoms. The van der Waals surface area contributed by atoms with E-state index in [9.17, 15) is 4.79 Å². The molecule has 0 radical (unpaired) electrons. The van der Waals surface area contributed by atoms with Crippen LogP contribution in [-0.4, -0.2) is 30.5 Å². The minimum atomic E-state index is 0.180. The summed E-state index contributed by atoms with van der Waals surface area (Å²) in [5.41, 5.74) is 2.25. The number of carbonyl (C=O) groups is 1. The van der Waals surface area contributed by atoms with Gasteiger partial charge in [0.2, 0.25) is 5.88 Å². The fourth-order valence-electron chi connectivity index (χ4n) is 2.47. The third kappa shape index (κ3) is 3.44. The molecule has 1 aromatic heterocycles. The zero-order chi connectivity index (χ0) is 17.8. The molecule has 3 rings (SSSR count). The van der Waals surface area contributed by atoms with Crippen molar-refractivity contribution in [2.75, 3.05) is 14.2 Å². The molecule has 0 N–H and O–H groups in total. The number of hydrogen-bond donors (Lipinski definition) is 0. The van der Waals surface area contributed by atoms with E-state index < -0.39 is 0 Å². The van der Waals surface area contributed by atoms with Gasteiger partial charge in [-0.1, -0.05) is 17.7 Å². The number of halogens is 1. The monoisotopic (exact) mass is 358 g/mol. The van der Waals surface area contributed by atoms with Gasteiger partial charge in [0.05, 0.1) is 25.6 Å². The predicted molar refractivity (Wildman–Crippen MR) is 93.8 cm³/mol. The average Bonchev–Trinajstić information content (AvgIpc) is 3.05. The van der Waals surface area contributed by atoms with Gasteiger partial charge in [0, 0.05) is 16.7 Å². The van der Waals surface area contributed by atoms with Crippen molar-refractivity contribution in [2.45, 2.75) is 0 Å². The van der Waals surface area contributed by atoms with E-state index in [1.54, 1.807) is 43.2 Å². The molecule has 0 aliphatic heterocycles. The van der Waals surface area contributed by atoms with Crippen LogP contribution < -0.4 is 14.2 Å². The third-order valence-electron chi connectivity index (χ3n) is 3.59. The summed E-state index contributed by atoms with van der Waals surface area (Å²) in [6.45, 7) is 0.336. The number of methoxy groups -OCH3 is 2. The van der Waals surface area contributed by atoms with Gasteiger partial charge in [0.1, 0.15) is 0 Å². The first-order valence-corrected chi connectivity index (χ1v) is 7.72. The fraction of sp³-hybridized carbons (Fsp3) is 0.111. The van der Waals surface area contributed by atoms with Crippen molar-refractivity contribution >= 4 is 18.1 Å². The van der Waals surface area contributed by atoms with Gasteiger partial charge in [-0.05, 0) is 36.4 Å². The highest BCUT2D eigenvalue weighted by Crippen LogP contribution is 2.34. The first-order valence-electron chi connectivity index (χ1n) is 7.35. The minimum absolute atomic E-state index is 0.180. The third-order valence-corrected chi connectivity index (χ3v) is 3.82. The summed E-state index contributed by atoms with van der Waals surface area (Å²) in [7, 11) is 3.14. The SMILES string of the molecule is COc1ccc(-c2cc(OC=O)nn2-c2cccc(Cl)c2)cc1OC. The molecule has 0 amide bonds. The molecule has 0 saturated carbocycles. The molecule has 3 aromatic rings. The highest BCUT2D eigenvalue weighted by molar-refractivity contribution is 6.30. The van der Waals surface area contributed by atoms with Crippen molar-refractivity contribution in [1.29, 1.82) is 0 Å². The summed E-state index contributed by atoms with van der Waals surface area (Å²) < 4.78 is 17.2. The number of benzene rings is 2. The summed E-state index contributed by atoms with van der Waals surface area (Å²) in [4.78, 5) is 10.7. The second-order valence-electron chi connectivity index (χ2n) is 5.04. The summed E-state index contributed by atoms with van der Waals surface area (Å²) in [6.07, 6.45) is 0. The van der Waals surface area contributed by atoms with Crippen molar-refractivity contribution in [1.82, 2.24) is 9.78 Å². The van der Waals surface area contributed by atoms with Crippen LogP contribution in [0, 0.1) is 0 Å². The van der Waals surface area contributed by atoms with Crippen LogP contribution >= 0.6 is 11.6 Å². The van der Waals surface area contributed by atoms with E-state index >= 15 is 0 Å². The van der Waals surface area contributed by atoms with Gasteiger partial charge in [0.15, 0.2) is 11.5 Å². The van der Waals surface area contributed by atoms with E-state index in [-0.39, 0.29) is 5.88 Å². The van der Waals surface area contributed by atoms with Crippen LogP contribution in [0.5, 0.6) is 17.4 Å². The molecular weight excluding hydrogens is 344 g/mol. The van der Waals surface area contributed by atoms with Gasteiger partial charge >= 0.3 is 0 Å². The lowest BCUT2D eigenvalue weighted by Crippen LogP contribution is -2.00. The van der Waals surface area contributed by atoms with Gasteiger partial charge in [-0.2, -0.15) is 0 Å². The highest BCUT2D eigenvalue weighted by Gasteiger charge is 2.15. The van der Waals surface area contributed by atoms with Crippen LogP contribution in [0.15, 0.2) is 48.5 Å². The topological polar surface area (TPSA) is 62.6 Å². The Kier molecular flexibility index (Phi) is 4.90. The number of rotatable bonds is 6. The lowest BCUT2D eigenvalue weighted by Gasteiger charge is -2.11. The molecule has 128 valence electrons. The number of carbonyl (C=O) groups excluding carboxylic acids is 1. The normalized spacial score (nSPS) is 10.4. The first-order chi connectivity index (χ1) is 12.2. The van der Waals surface area contributed by atoms with E-state index in [1.165, 1.54) is 0 Å². The average molecular weight is 359 g/mol. The fourth-order valence-corrected chi connectivity index (χ4v) is 2.66. The molecule has 0 spiro atoms. The highest BCUT2D eigenvalue weighted by atomic mass is 35.5. The maximum atomic E-state index is 10.7. The van der Waals surface area contributed by atoms with Crippen molar-refractivity contribution < 1.29 is 19.0 Å². The zero-order valence-electron chi connectivity index (χ0n) is 13.6. The van der Waals surface area contributed by atoms with E-state index in [2.05, 4.69) is 5.10 Å². The Balaban J connectivity index is 2.16. The van der Waals surface area contributed by atoms with Gasteiger partial charge in [-0.3, -0.25) is 4.79 Å². The predicted octanol–water partition coefficient (Wildman–Crippen LogP) is 3.75. The molecular formula is C18H15ClN2O4. The van der Waals surface area contributed by atoms with Crippen molar-refractivity contribution in [3.8, 4) is 34.3 Å². The van der Waals surface area contributed by atoms with Crippen LogP contribution in [0.1, 0.15) is 0 Å². The Hall–Kier alpha value is -2.99. The van der Waals surface area contributed by atoms with Gasteiger partial charge in [-0.25, -0.2) is 4.68 Å². The molecule has 6 nitrogen and oxygen atoms in total. The van der Waals surface area contributed by atoms with Crippen LogP contribution in [-0.2, 0) is 4.79 Å². The van der Waals surface area contributed by atoms with Gasteiger partial charge < -0.3 is 14.2 Å². The molecule has 7 heteroatoms. The quantitative estimate of drug-likeness (QED) is 0.628. The van der Waals surface area contributed by atoms with Crippen LogP contribution in [0.3, 0.4) is 0 Å². The van der Waals surface area contributed by atoms with Crippen LogP contribution in [0.25, 0.3) is 16.9 Å². The summed E-state index contributed by atoms with van der Waals surface area (Å²) >= 11 is 6.08. The number of ether oxygens (including phenoxy) is 3. The Morgan fingerprint density at radius 3 is 2.52 bits per heavy atom. The Bertz CT molecular complexity index is 908. The van der Waals surface area contributed by atoms with E-state index in [0.717, 1.165) is 11.3 Å². The molecule has 1 heterocycles. The smallest absolute Gasteiger partial charge is 0.299 e. The zero-order valence-corrected chi connectivity index (χ0v) is 14.4. The second kappa shape index (κ2) is 7.27. The van der Waals surface area contributed by atoms with E-state index in [4.69, 9.17) is 25.8 Å². The summed E-state index contributed by atoms with van der Waals surface area (Å²) in [5.74, 6) is 1.38. The van der Waals surface area contributed by atoms with Crippen molar-refractivity contribution in [3.05, 3.63) is 53.6 Å². The minimum Gasteiger partial charge on any atom is -0.493 e. The Morgan fingerprint density at radius 1 is 1.04 bits per heavy atom. The number of aromatic nitrogens is 2. The summed E-state index contributed by atoms with van der Waals surface area (Å²) in [5, 5.41) is 4.89. The maximum Gasteiger partial charge on any atom is 0.299 e. The maximum absolute atomic E-state index is 10.7. The van der Waals surface area contributed by atoms with Crippen molar-refractivity contribution in [3.63, 3.8) is 0 Å². The lowest BCUT2D eigenvalue weighted by atomic mass is 10.1. The van der Waals surface area contributed by atoms with Crippen LogP contribution in [0.4, 0.5) is 0 Å². The first kappa shape index (κ1) is 16.9. The van der Waals surface area contributed by atoms with Crippen LogP contribution in [0.2, 0.25) is 5.02 Å². The standard InChI is InChI=1S/C18H15ClN2O4/c1-23-16-7-6-12(8-17(16)24-2)15-10-18(25-11-22)20-21(15)14-5-3-4-13(19)9-14/h3-11H,1-2H3. The number of nitrogens with zero attached hydrogens (tertiary/aromatic N) is 2. The number of hydrogen-bond acceptors (Lipinski definition) is 5. The molecule has 0 aliphatic carbocycles. The van der Waals surface area contributed by atoms with E-state index in [0.29, 0.717) is 28.7 Å². The van der Waals surface area contributed by atoms with Gasteiger partial charge in [-0.15, -0.1) is 5.10 Å². The molecule has 0 aliphatic rings. The molecule has 0 fully saturated rings. The summed E-state index contributed by atoms with van der Waals surface area (Å²) in [6, 6.07) is 14.4. The molecule has 0 saturated heterocycles. The van der Waals surface area contributed by atoms with E-state index in [1.807, 2.05) is 24.3 Å². The Labute approximate surface area is 149 Å². The largest absolute Gasteiger partial charge is 0.493 e. The molecule has 2 aromatic carbocycles. The second-order valence-corrected chi connectivity index (χ2v) is 5.48.